The van der Waals surface area contributed by atoms with Crippen LogP contribution in [0.4, 0.5) is 4.39 Å². The van der Waals surface area contributed by atoms with Crippen molar-refractivity contribution in [1.29, 1.82) is 0 Å². The largest absolute Gasteiger partial charge is 0.338 e. The van der Waals surface area contributed by atoms with Crippen LogP contribution >= 0.6 is 15.9 Å². The highest BCUT2D eigenvalue weighted by Crippen LogP contribution is 2.30. The summed E-state index contributed by atoms with van der Waals surface area (Å²) in [6.07, 6.45) is 3.27. The predicted molar refractivity (Wildman–Crippen MR) is 73.0 cm³/mol. The molecule has 0 aliphatic heterocycles. The van der Waals surface area contributed by atoms with Crippen molar-refractivity contribution in [3.63, 3.8) is 0 Å². The summed E-state index contributed by atoms with van der Waals surface area (Å²) in [5, 5.41) is 0. The average Bonchev–Trinajstić information content (AvgIpc) is 3.15. The minimum Gasteiger partial charge on any atom is -0.338 e. The molecule has 1 saturated carbocycles. The summed E-state index contributed by atoms with van der Waals surface area (Å²) in [6.45, 7) is 3.49. The van der Waals surface area contributed by atoms with Crippen molar-refractivity contribution in [3.05, 3.63) is 34.1 Å². The van der Waals surface area contributed by atoms with E-state index in [4.69, 9.17) is 0 Å². The fraction of sp³-hybridized carbons (Fsp3) is 0.500. The molecule has 1 aromatic rings. The molecule has 0 bridgehead atoms. The molecule has 0 radical (unpaired) electrons. The van der Waals surface area contributed by atoms with Crippen molar-refractivity contribution < 1.29 is 9.18 Å². The Kier molecular flexibility index (Phi) is 4.38. The summed E-state index contributed by atoms with van der Waals surface area (Å²) < 4.78 is 14.3. The molecule has 0 atom stereocenters. The first-order valence-electron chi connectivity index (χ1n) is 6.36. The first-order chi connectivity index (χ1) is 8.63. The van der Waals surface area contributed by atoms with E-state index in [1.54, 1.807) is 23.1 Å². The highest BCUT2D eigenvalue weighted by atomic mass is 79.9. The maximum Gasteiger partial charge on any atom is 0.256 e. The maximum absolute atomic E-state index is 13.9. The first-order valence-corrected chi connectivity index (χ1v) is 7.16. The Labute approximate surface area is 115 Å². The van der Waals surface area contributed by atoms with E-state index in [-0.39, 0.29) is 11.5 Å². The molecule has 2 rings (SSSR count). The van der Waals surface area contributed by atoms with Crippen LogP contribution in [-0.2, 0) is 0 Å². The number of carbonyl (C=O) groups is 1. The lowest BCUT2D eigenvalue weighted by Crippen LogP contribution is -2.34. The van der Waals surface area contributed by atoms with Crippen LogP contribution in [0, 0.1) is 11.7 Å². The van der Waals surface area contributed by atoms with Gasteiger partial charge in [-0.15, -0.1) is 0 Å². The van der Waals surface area contributed by atoms with Gasteiger partial charge in [-0.3, -0.25) is 4.79 Å². The van der Waals surface area contributed by atoms with Crippen LogP contribution in [0.5, 0.6) is 0 Å². The van der Waals surface area contributed by atoms with Gasteiger partial charge in [0.25, 0.3) is 5.91 Å². The van der Waals surface area contributed by atoms with Gasteiger partial charge in [0.15, 0.2) is 0 Å². The minimum atomic E-state index is -0.459. The van der Waals surface area contributed by atoms with Gasteiger partial charge >= 0.3 is 0 Å². The van der Waals surface area contributed by atoms with Crippen molar-refractivity contribution >= 4 is 21.8 Å². The van der Waals surface area contributed by atoms with Crippen LogP contribution in [0.1, 0.15) is 36.5 Å². The molecule has 1 aliphatic carbocycles. The first kappa shape index (κ1) is 13.5. The zero-order valence-corrected chi connectivity index (χ0v) is 12.0. The van der Waals surface area contributed by atoms with E-state index in [1.807, 2.05) is 6.92 Å². The quantitative estimate of drug-likeness (QED) is 0.808. The summed E-state index contributed by atoms with van der Waals surface area (Å²) in [5.74, 6) is -0.0299. The second kappa shape index (κ2) is 5.83. The van der Waals surface area contributed by atoms with Gasteiger partial charge in [0, 0.05) is 13.1 Å². The van der Waals surface area contributed by atoms with Crippen molar-refractivity contribution in [3.8, 4) is 0 Å². The van der Waals surface area contributed by atoms with Crippen molar-refractivity contribution in [2.75, 3.05) is 13.1 Å². The van der Waals surface area contributed by atoms with Crippen LogP contribution < -0.4 is 0 Å². The van der Waals surface area contributed by atoms with E-state index in [0.29, 0.717) is 16.9 Å². The zero-order chi connectivity index (χ0) is 13.1. The van der Waals surface area contributed by atoms with Crippen LogP contribution in [0.15, 0.2) is 22.7 Å². The van der Waals surface area contributed by atoms with Gasteiger partial charge in [0.2, 0.25) is 0 Å². The third-order valence-electron chi connectivity index (χ3n) is 3.14. The van der Waals surface area contributed by atoms with Gasteiger partial charge in [-0.2, -0.15) is 0 Å². The van der Waals surface area contributed by atoms with Crippen LogP contribution in [0.3, 0.4) is 0 Å². The van der Waals surface area contributed by atoms with E-state index in [2.05, 4.69) is 15.9 Å². The molecule has 1 fully saturated rings. The van der Waals surface area contributed by atoms with Gasteiger partial charge in [-0.05, 0) is 53.2 Å². The molecule has 0 spiro atoms. The Morgan fingerprint density at radius 1 is 1.50 bits per heavy atom. The van der Waals surface area contributed by atoms with E-state index in [9.17, 15) is 9.18 Å². The topological polar surface area (TPSA) is 20.3 Å². The second-order valence-electron chi connectivity index (χ2n) is 4.80. The third-order valence-corrected chi connectivity index (χ3v) is 3.75. The number of benzene rings is 1. The summed E-state index contributed by atoms with van der Waals surface area (Å²) in [7, 11) is 0. The van der Waals surface area contributed by atoms with Gasteiger partial charge in [-0.25, -0.2) is 4.39 Å². The van der Waals surface area contributed by atoms with Gasteiger partial charge in [0.1, 0.15) is 5.82 Å². The van der Waals surface area contributed by atoms with E-state index < -0.39 is 5.82 Å². The molecular weight excluding hydrogens is 297 g/mol. The predicted octanol–water partition coefficient (Wildman–Crippen LogP) is 3.85. The number of amides is 1. The fourth-order valence-corrected chi connectivity index (χ4v) is 2.36. The Bertz CT molecular complexity index is 445. The molecular formula is C14H17BrFNO. The lowest BCUT2D eigenvalue weighted by Gasteiger charge is -2.22. The smallest absolute Gasteiger partial charge is 0.256 e. The molecule has 4 heteroatoms. The summed E-state index contributed by atoms with van der Waals surface area (Å²) >= 11 is 3.12. The number of carbonyl (C=O) groups excluding carboxylic acids is 1. The standard InChI is InChI=1S/C14H17BrFNO/c1-2-8-17(9-10-6-7-10)14(18)11-4-3-5-12(15)13(11)16/h3-5,10H,2,6-9H2,1H3. The Morgan fingerprint density at radius 2 is 2.22 bits per heavy atom. The lowest BCUT2D eigenvalue weighted by atomic mass is 10.1. The lowest BCUT2D eigenvalue weighted by molar-refractivity contribution is 0.0743. The van der Waals surface area contributed by atoms with Gasteiger partial charge in [-0.1, -0.05) is 13.0 Å². The molecule has 2 nitrogen and oxygen atoms in total. The number of nitrogens with zero attached hydrogens (tertiary/aromatic N) is 1. The van der Waals surface area contributed by atoms with E-state index in [1.165, 1.54) is 12.8 Å². The number of hydrogen-bond donors (Lipinski definition) is 0. The van der Waals surface area contributed by atoms with E-state index in [0.717, 1.165) is 13.0 Å². The molecule has 0 N–H and O–H groups in total. The molecule has 0 saturated heterocycles. The Hall–Kier alpha value is -0.900. The molecule has 18 heavy (non-hydrogen) atoms. The van der Waals surface area contributed by atoms with Crippen LogP contribution in [-0.4, -0.2) is 23.9 Å². The van der Waals surface area contributed by atoms with Crippen LogP contribution in [0.25, 0.3) is 0 Å². The Balaban J connectivity index is 2.17. The second-order valence-corrected chi connectivity index (χ2v) is 5.65. The normalized spacial score (nSPS) is 14.6. The Morgan fingerprint density at radius 3 is 2.83 bits per heavy atom. The third kappa shape index (κ3) is 3.10. The fourth-order valence-electron chi connectivity index (χ4n) is 2.00. The molecule has 0 unspecified atom stereocenters. The summed E-state index contributed by atoms with van der Waals surface area (Å²) in [6, 6.07) is 4.86. The highest BCUT2D eigenvalue weighted by Gasteiger charge is 2.28. The molecule has 1 amide bonds. The monoisotopic (exact) mass is 313 g/mol. The number of hydrogen-bond acceptors (Lipinski definition) is 1. The molecule has 98 valence electrons. The summed E-state index contributed by atoms with van der Waals surface area (Å²) in [4.78, 5) is 14.1. The molecule has 0 heterocycles. The van der Waals surface area contributed by atoms with Crippen molar-refractivity contribution in [1.82, 2.24) is 4.90 Å². The minimum absolute atomic E-state index is 0.165. The van der Waals surface area contributed by atoms with Gasteiger partial charge in [0.05, 0.1) is 10.0 Å². The van der Waals surface area contributed by atoms with Crippen molar-refractivity contribution in [2.45, 2.75) is 26.2 Å². The van der Waals surface area contributed by atoms with Crippen molar-refractivity contribution in [2.24, 2.45) is 5.92 Å². The number of halogens is 2. The number of rotatable bonds is 5. The van der Waals surface area contributed by atoms with E-state index >= 15 is 0 Å². The van der Waals surface area contributed by atoms with Gasteiger partial charge < -0.3 is 4.90 Å². The highest BCUT2D eigenvalue weighted by molar-refractivity contribution is 9.10. The molecule has 1 aliphatic rings. The molecule has 1 aromatic carbocycles. The average molecular weight is 314 g/mol. The summed E-state index contributed by atoms with van der Waals surface area (Å²) in [5.41, 5.74) is 0.165. The zero-order valence-electron chi connectivity index (χ0n) is 10.5. The van der Waals surface area contributed by atoms with Crippen LogP contribution in [0.2, 0.25) is 0 Å². The maximum atomic E-state index is 13.9. The SMILES string of the molecule is CCCN(CC1CC1)C(=O)c1cccc(Br)c1F. The molecule has 0 aromatic heterocycles.